The molecule has 3 nitrogen and oxygen atoms in total. The molecule has 3 aliphatic rings. The predicted octanol–water partition coefficient (Wildman–Crippen LogP) is 2.31. The molecular weight excluding hydrogens is 246 g/mol. The van der Waals surface area contributed by atoms with Crippen LogP contribution in [0.5, 0.6) is 0 Å². The average Bonchev–Trinajstić information content (AvgIpc) is 2.92. The minimum absolute atomic E-state index is 0.721. The molecule has 0 aromatic heterocycles. The second-order valence-electron chi connectivity index (χ2n) is 7.49. The molecule has 5 unspecified atom stereocenters. The minimum atomic E-state index is 0.721. The van der Waals surface area contributed by atoms with Crippen molar-refractivity contribution in [3.63, 3.8) is 0 Å². The molecule has 1 aliphatic carbocycles. The van der Waals surface area contributed by atoms with E-state index in [0.717, 1.165) is 36.5 Å². The Labute approximate surface area is 124 Å². The fraction of sp³-hybridized carbons (Fsp3) is 1.00. The fourth-order valence-corrected chi connectivity index (χ4v) is 5.02. The maximum Gasteiger partial charge on any atom is 0.0224 e. The van der Waals surface area contributed by atoms with Gasteiger partial charge in [-0.15, -0.1) is 0 Å². The predicted molar refractivity (Wildman–Crippen MR) is 84.7 cm³/mol. The third-order valence-corrected chi connectivity index (χ3v) is 6.36. The van der Waals surface area contributed by atoms with Crippen LogP contribution in [0.4, 0.5) is 0 Å². The van der Waals surface area contributed by atoms with Gasteiger partial charge in [0.2, 0.25) is 0 Å². The third kappa shape index (κ3) is 2.77. The van der Waals surface area contributed by atoms with E-state index in [1.54, 1.807) is 0 Å². The van der Waals surface area contributed by atoms with Gasteiger partial charge >= 0.3 is 0 Å². The summed E-state index contributed by atoms with van der Waals surface area (Å²) in [5.41, 5.74) is 6.10. The normalized spacial score (nSPS) is 43.6. The van der Waals surface area contributed by atoms with Crippen LogP contribution in [0.25, 0.3) is 0 Å². The Kier molecular flexibility index (Phi) is 4.68. The number of nitrogens with zero attached hydrogens (tertiary/aromatic N) is 2. The second kappa shape index (κ2) is 6.33. The van der Waals surface area contributed by atoms with Gasteiger partial charge in [0, 0.05) is 31.2 Å². The van der Waals surface area contributed by atoms with Crippen LogP contribution in [-0.4, -0.2) is 54.1 Å². The topological polar surface area (TPSA) is 32.5 Å². The summed E-state index contributed by atoms with van der Waals surface area (Å²) < 4.78 is 0. The highest BCUT2D eigenvalue weighted by atomic mass is 15.3. The van der Waals surface area contributed by atoms with Gasteiger partial charge in [-0.2, -0.15) is 0 Å². The van der Waals surface area contributed by atoms with Crippen molar-refractivity contribution in [2.75, 3.05) is 26.2 Å². The molecule has 0 spiro atoms. The van der Waals surface area contributed by atoms with Crippen molar-refractivity contribution < 1.29 is 0 Å². The Morgan fingerprint density at radius 1 is 1.15 bits per heavy atom. The van der Waals surface area contributed by atoms with E-state index in [4.69, 9.17) is 5.73 Å². The van der Waals surface area contributed by atoms with Crippen LogP contribution < -0.4 is 5.73 Å². The van der Waals surface area contributed by atoms with Crippen LogP contribution in [-0.2, 0) is 0 Å². The van der Waals surface area contributed by atoms with E-state index in [1.165, 1.54) is 58.2 Å². The average molecular weight is 279 g/mol. The molecule has 3 fully saturated rings. The first-order valence-corrected chi connectivity index (χ1v) is 8.92. The maximum atomic E-state index is 6.10. The largest absolute Gasteiger partial charge is 0.330 e. The van der Waals surface area contributed by atoms with Crippen molar-refractivity contribution in [2.45, 2.75) is 70.5 Å². The molecule has 1 saturated carbocycles. The lowest BCUT2D eigenvalue weighted by molar-refractivity contribution is -0.0133. The van der Waals surface area contributed by atoms with E-state index in [9.17, 15) is 0 Å². The van der Waals surface area contributed by atoms with Crippen LogP contribution in [0.2, 0.25) is 0 Å². The highest BCUT2D eigenvalue weighted by molar-refractivity contribution is 4.96. The van der Waals surface area contributed by atoms with E-state index in [0.29, 0.717) is 0 Å². The summed E-state index contributed by atoms with van der Waals surface area (Å²) >= 11 is 0. The highest BCUT2D eigenvalue weighted by Crippen LogP contribution is 2.37. The van der Waals surface area contributed by atoms with E-state index >= 15 is 0 Å². The Morgan fingerprint density at radius 2 is 2.00 bits per heavy atom. The van der Waals surface area contributed by atoms with Crippen molar-refractivity contribution >= 4 is 0 Å². The molecule has 0 aromatic carbocycles. The molecule has 2 heterocycles. The van der Waals surface area contributed by atoms with Crippen molar-refractivity contribution in [1.82, 2.24) is 9.80 Å². The molecule has 3 rings (SSSR count). The molecule has 116 valence electrons. The van der Waals surface area contributed by atoms with Crippen LogP contribution >= 0.6 is 0 Å². The first-order chi connectivity index (χ1) is 9.72. The van der Waals surface area contributed by atoms with Gasteiger partial charge in [0.25, 0.3) is 0 Å². The molecule has 3 heteroatoms. The molecule has 2 N–H and O–H groups in total. The standard InChI is InChI=1S/C17H33N3/c1-3-14-6-7-15(10-18)17(9-14)20-12-16-5-4-8-19(16)11-13(20)2/h13-17H,3-12,18H2,1-2H3. The number of piperazine rings is 1. The molecule has 0 radical (unpaired) electrons. The summed E-state index contributed by atoms with van der Waals surface area (Å²) in [5, 5.41) is 0. The Hall–Kier alpha value is -0.120. The van der Waals surface area contributed by atoms with Crippen LogP contribution in [0.1, 0.15) is 52.4 Å². The summed E-state index contributed by atoms with van der Waals surface area (Å²) in [6.07, 6.45) is 8.35. The Balaban J connectivity index is 1.71. The quantitative estimate of drug-likeness (QED) is 0.860. The lowest BCUT2D eigenvalue weighted by Crippen LogP contribution is -2.60. The minimum Gasteiger partial charge on any atom is -0.330 e. The van der Waals surface area contributed by atoms with Crippen LogP contribution in [0.15, 0.2) is 0 Å². The molecular formula is C17H33N3. The zero-order valence-corrected chi connectivity index (χ0v) is 13.4. The number of hydrogen-bond donors (Lipinski definition) is 1. The van der Waals surface area contributed by atoms with Gasteiger partial charge in [0.1, 0.15) is 0 Å². The summed E-state index contributed by atoms with van der Waals surface area (Å²) in [6.45, 7) is 9.62. The number of nitrogens with two attached hydrogens (primary N) is 1. The number of fused-ring (bicyclic) bond motifs is 1. The van der Waals surface area contributed by atoms with E-state index in [2.05, 4.69) is 23.6 Å². The Morgan fingerprint density at radius 3 is 2.75 bits per heavy atom. The smallest absolute Gasteiger partial charge is 0.0224 e. The first-order valence-electron chi connectivity index (χ1n) is 8.92. The van der Waals surface area contributed by atoms with Crippen molar-refractivity contribution in [2.24, 2.45) is 17.6 Å². The van der Waals surface area contributed by atoms with Crippen molar-refractivity contribution in [1.29, 1.82) is 0 Å². The summed E-state index contributed by atoms with van der Waals surface area (Å²) in [7, 11) is 0. The SMILES string of the molecule is CCC1CCC(CN)C(N2CC3CCCN3CC2C)C1. The van der Waals surface area contributed by atoms with Gasteiger partial charge in [0.15, 0.2) is 0 Å². The van der Waals surface area contributed by atoms with Crippen LogP contribution in [0, 0.1) is 11.8 Å². The zero-order chi connectivity index (χ0) is 14.1. The van der Waals surface area contributed by atoms with Crippen LogP contribution in [0.3, 0.4) is 0 Å². The Bertz CT molecular complexity index is 319. The van der Waals surface area contributed by atoms with Gasteiger partial charge < -0.3 is 5.73 Å². The lowest BCUT2D eigenvalue weighted by atomic mass is 9.75. The zero-order valence-electron chi connectivity index (χ0n) is 13.4. The lowest BCUT2D eigenvalue weighted by Gasteiger charge is -2.50. The van der Waals surface area contributed by atoms with Crippen molar-refractivity contribution in [3.8, 4) is 0 Å². The van der Waals surface area contributed by atoms with Gasteiger partial charge in [-0.05, 0) is 57.5 Å². The molecule has 0 bridgehead atoms. The van der Waals surface area contributed by atoms with Gasteiger partial charge in [0.05, 0.1) is 0 Å². The monoisotopic (exact) mass is 279 g/mol. The third-order valence-electron chi connectivity index (χ3n) is 6.36. The first kappa shape index (κ1) is 14.8. The van der Waals surface area contributed by atoms with E-state index in [-0.39, 0.29) is 0 Å². The number of hydrogen-bond acceptors (Lipinski definition) is 3. The summed E-state index contributed by atoms with van der Waals surface area (Å²) in [6, 6.07) is 2.32. The molecule has 20 heavy (non-hydrogen) atoms. The van der Waals surface area contributed by atoms with E-state index < -0.39 is 0 Å². The van der Waals surface area contributed by atoms with Gasteiger partial charge in [-0.25, -0.2) is 0 Å². The van der Waals surface area contributed by atoms with Crippen molar-refractivity contribution in [3.05, 3.63) is 0 Å². The van der Waals surface area contributed by atoms with Gasteiger partial charge in [-0.3, -0.25) is 9.80 Å². The summed E-state index contributed by atoms with van der Waals surface area (Å²) in [5.74, 6) is 1.69. The second-order valence-corrected chi connectivity index (χ2v) is 7.49. The van der Waals surface area contributed by atoms with Gasteiger partial charge in [-0.1, -0.05) is 19.8 Å². The highest BCUT2D eigenvalue weighted by Gasteiger charge is 2.41. The molecule has 0 amide bonds. The summed E-state index contributed by atoms with van der Waals surface area (Å²) in [4.78, 5) is 5.59. The molecule has 2 aliphatic heterocycles. The molecule has 0 aromatic rings. The fourth-order valence-electron chi connectivity index (χ4n) is 5.02. The molecule has 2 saturated heterocycles. The maximum absolute atomic E-state index is 6.10. The van der Waals surface area contributed by atoms with E-state index in [1.807, 2.05) is 0 Å². The molecule has 5 atom stereocenters. The number of rotatable bonds is 3.